The van der Waals surface area contributed by atoms with Gasteiger partial charge in [0.15, 0.2) is 5.96 Å². The van der Waals surface area contributed by atoms with Crippen molar-refractivity contribution in [1.82, 2.24) is 4.90 Å². The highest BCUT2D eigenvalue weighted by atomic mass is 15.3. The molecule has 1 aromatic rings. The van der Waals surface area contributed by atoms with Crippen molar-refractivity contribution >= 4 is 11.6 Å². The molecule has 0 aromatic heterocycles. The lowest BCUT2D eigenvalue weighted by molar-refractivity contribution is 0.415. The Hall–Kier alpha value is -1.55. The Morgan fingerprint density at radius 3 is 2.92 bits per heavy atom. The fraction of sp³-hybridized carbons (Fsp3) is 0.222. The fourth-order valence-electron chi connectivity index (χ4n) is 1.39. The summed E-state index contributed by atoms with van der Waals surface area (Å²) >= 11 is 0. The van der Waals surface area contributed by atoms with Crippen LogP contribution in [0.25, 0.3) is 0 Å². The van der Waals surface area contributed by atoms with Crippen molar-refractivity contribution in [3.63, 3.8) is 0 Å². The van der Waals surface area contributed by atoms with E-state index in [1.54, 1.807) is 0 Å². The number of aliphatic imine (C=N–C) groups is 1. The lowest BCUT2D eigenvalue weighted by Crippen LogP contribution is -2.41. The predicted molar refractivity (Wildman–Crippen MR) is 52.3 cm³/mol. The Kier molecular flexibility index (Phi) is 1.90. The monoisotopic (exact) mass is 176 g/mol. The summed E-state index contributed by atoms with van der Waals surface area (Å²) < 4.78 is 0. The second-order valence-electron chi connectivity index (χ2n) is 2.98. The summed E-state index contributed by atoms with van der Waals surface area (Å²) in [6.07, 6.45) is 0. The molecule has 1 aliphatic rings. The van der Waals surface area contributed by atoms with Gasteiger partial charge in [0.05, 0.1) is 12.4 Å². The lowest BCUT2D eigenvalue weighted by Gasteiger charge is -2.26. The third-order valence-electron chi connectivity index (χ3n) is 2.13. The van der Waals surface area contributed by atoms with Gasteiger partial charge in [-0.05, 0) is 11.6 Å². The quantitative estimate of drug-likeness (QED) is 0.649. The second kappa shape index (κ2) is 3.06. The van der Waals surface area contributed by atoms with Gasteiger partial charge in [0, 0.05) is 6.54 Å². The van der Waals surface area contributed by atoms with E-state index in [0.29, 0.717) is 12.6 Å². The molecule has 4 heteroatoms. The maximum atomic E-state index is 5.70. The first-order valence-corrected chi connectivity index (χ1v) is 4.18. The number of guanidine groups is 1. The first-order valence-electron chi connectivity index (χ1n) is 4.18. The van der Waals surface area contributed by atoms with Crippen LogP contribution in [0.5, 0.6) is 0 Å². The van der Waals surface area contributed by atoms with Crippen molar-refractivity contribution in [1.29, 1.82) is 0 Å². The van der Waals surface area contributed by atoms with E-state index < -0.39 is 0 Å². The molecular weight excluding hydrogens is 164 g/mol. The molecule has 0 spiro atoms. The van der Waals surface area contributed by atoms with Gasteiger partial charge in [-0.1, -0.05) is 18.2 Å². The molecule has 0 unspecified atom stereocenters. The minimum Gasteiger partial charge on any atom is -0.369 e. The number of fused-ring (bicyclic) bond motifs is 1. The van der Waals surface area contributed by atoms with Crippen LogP contribution < -0.4 is 11.5 Å². The van der Waals surface area contributed by atoms with Gasteiger partial charge >= 0.3 is 0 Å². The maximum absolute atomic E-state index is 5.70. The van der Waals surface area contributed by atoms with Crippen molar-refractivity contribution in [3.05, 3.63) is 29.8 Å². The number of rotatable bonds is 1. The fourth-order valence-corrected chi connectivity index (χ4v) is 1.39. The molecule has 4 nitrogen and oxygen atoms in total. The second-order valence-corrected chi connectivity index (χ2v) is 2.98. The normalized spacial score (nSPS) is 15.2. The average Bonchev–Trinajstić information content (AvgIpc) is 2.17. The molecule has 4 N–H and O–H groups in total. The van der Waals surface area contributed by atoms with E-state index in [-0.39, 0.29) is 0 Å². The minimum absolute atomic E-state index is 0.406. The van der Waals surface area contributed by atoms with Crippen LogP contribution in [-0.2, 0) is 6.54 Å². The summed E-state index contributed by atoms with van der Waals surface area (Å²) in [7, 11) is 0. The molecule has 0 amide bonds. The molecule has 1 aromatic carbocycles. The summed E-state index contributed by atoms with van der Waals surface area (Å²) in [5, 5.41) is 0. The van der Waals surface area contributed by atoms with Gasteiger partial charge in [-0.15, -0.1) is 0 Å². The van der Waals surface area contributed by atoms with Gasteiger partial charge in [0.25, 0.3) is 0 Å². The van der Waals surface area contributed by atoms with E-state index in [1.807, 2.05) is 29.2 Å². The highest BCUT2D eigenvalue weighted by Crippen LogP contribution is 2.23. The topological polar surface area (TPSA) is 67.6 Å². The van der Waals surface area contributed by atoms with Gasteiger partial charge in [0.2, 0.25) is 0 Å². The molecule has 0 radical (unpaired) electrons. The third kappa shape index (κ3) is 1.36. The van der Waals surface area contributed by atoms with E-state index in [2.05, 4.69) is 4.99 Å². The van der Waals surface area contributed by atoms with Crippen LogP contribution in [0.2, 0.25) is 0 Å². The summed E-state index contributed by atoms with van der Waals surface area (Å²) in [5.74, 6) is 0.501. The molecule has 0 aliphatic carbocycles. The number of hydrogen-bond donors (Lipinski definition) is 2. The van der Waals surface area contributed by atoms with E-state index in [4.69, 9.17) is 11.5 Å². The van der Waals surface area contributed by atoms with E-state index in [1.165, 1.54) is 5.56 Å². The molecular formula is C9H12N4. The van der Waals surface area contributed by atoms with E-state index in [9.17, 15) is 0 Å². The van der Waals surface area contributed by atoms with E-state index >= 15 is 0 Å². The molecule has 1 heterocycles. The van der Waals surface area contributed by atoms with Crippen molar-refractivity contribution in [2.45, 2.75) is 6.54 Å². The molecule has 0 bridgehead atoms. The van der Waals surface area contributed by atoms with Gasteiger partial charge in [-0.25, -0.2) is 4.99 Å². The van der Waals surface area contributed by atoms with Crippen molar-refractivity contribution < 1.29 is 0 Å². The van der Waals surface area contributed by atoms with Crippen LogP contribution >= 0.6 is 0 Å². The summed E-state index contributed by atoms with van der Waals surface area (Å²) in [5.41, 5.74) is 13.3. The first kappa shape index (κ1) is 8.07. The lowest BCUT2D eigenvalue weighted by atomic mass is 10.1. The third-order valence-corrected chi connectivity index (χ3v) is 2.13. The van der Waals surface area contributed by atoms with Gasteiger partial charge in [0.1, 0.15) is 0 Å². The Morgan fingerprint density at radius 2 is 2.15 bits per heavy atom. The average molecular weight is 176 g/mol. The van der Waals surface area contributed by atoms with Gasteiger partial charge < -0.3 is 16.4 Å². The van der Waals surface area contributed by atoms with Crippen LogP contribution in [0.15, 0.2) is 29.3 Å². The van der Waals surface area contributed by atoms with Crippen LogP contribution in [0.1, 0.15) is 5.56 Å². The van der Waals surface area contributed by atoms with Crippen molar-refractivity contribution in [2.24, 2.45) is 16.5 Å². The maximum Gasteiger partial charge on any atom is 0.197 e. The zero-order valence-corrected chi connectivity index (χ0v) is 7.27. The highest BCUT2D eigenvalue weighted by molar-refractivity contribution is 5.83. The SMILES string of the molecule is NCN1Cc2ccccc2N=C1N. The Morgan fingerprint density at radius 1 is 1.38 bits per heavy atom. The van der Waals surface area contributed by atoms with Crippen molar-refractivity contribution in [3.8, 4) is 0 Å². The molecule has 2 rings (SSSR count). The van der Waals surface area contributed by atoms with Crippen LogP contribution in [-0.4, -0.2) is 17.5 Å². The largest absolute Gasteiger partial charge is 0.369 e. The standard InChI is InChI=1S/C9H12N4/c10-6-13-5-7-3-1-2-4-8(7)12-9(13)11/h1-4H,5-6,10H2,(H2,11,12). The smallest absolute Gasteiger partial charge is 0.197 e. The summed E-state index contributed by atoms with van der Waals surface area (Å²) in [6, 6.07) is 7.93. The minimum atomic E-state index is 0.406. The first-order chi connectivity index (χ1) is 6.31. The number of nitrogens with zero attached hydrogens (tertiary/aromatic N) is 2. The number of para-hydroxylation sites is 1. The number of benzene rings is 1. The molecule has 0 fully saturated rings. The Balaban J connectivity index is 2.40. The van der Waals surface area contributed by atoms with Gasteiger partial charge in [-0.3, -0.25) is 0 Å². The van der Waals surface area contributed by atoms with E-state index in [0.717, 1.165) is 12.2 Å². The zero-order valence-electron chi connectivity index (χ0n) is 7.27. The van der Waals surface area contributed by atoms with Crippen molar-refractivity contribution in [2.75, 3.05) is 6.67 Å². The molecule has 68 valence electrons. The Labute approximate surface area is 76.9 Å². The highest BCUT2D eigenvalue weighted by Gasteiger charge is 2.14. The summed E-state index contributed by atoms with van der Waals surface area (Å²) in [4.78, 5) is 6.07. The van der Waals surface area contributed by atoms with Crippen LogP contribution in [0, 0.1) is 0 Å². The molecule has 0 saturated heterocycles. The molecule has 1 aliphatic heterocycles. The predicted octanol–water partition coefficient (Wildman–Crippen LogP) is 0.365. The van der Waals surface area contributed by atoms with Crippen LogP contribution in [0.4, 0.5) is 5.69 Å². The number of nitrogens with two attached hydrogens (primary N) is 2. The number of hydrogen-bond acceptors (Lipinski definition) is 4. The molecule has 13 heavy (non-hydrogen) atoms. The van der Waals surface area contributed by atoms with Gasteiger partial charge in [-0.2, -0.15) is 0 Å². The molecule has 0 saturated carbocycles. The Bertz CT molecular complexity index is 345. The summed E-state index contributed by atoms with van der Waals surface area (Å²) in [6.45, 7) is 1.16. The molecule has 0 atom stereocenters. The zero-order chi connectivity index (χ0) is 9.26. The van der Waals surface area contributed by atoms with Crippen LogP contribution in [0.3, 0.4) is 0 Å².